The molecule has 2 atom stereocenters. The monoisotopic (exact) mass is 270 g/mol. The summed E-state index contributed by atoms with van der Waals surface area (Å²) in [5.74, 6) is 1.34. The summed E-state index contributed by atoms with van der Waals surface area (Å²) in [5, 5.41) is 3.82. The van der Waals surface area contributed by atoms with Crippen LogP contribution in [0.25, 0.3) is 0 Å². The minimum atomic E-state index is 0.802. The van der Waals surface area contributed by atoms with E-state index < -0.39 is 0 Å². The summed E-state index contributed by atoms with van der Waals surface area (Å²) < 4.78 is 0. The summed E-state index contributed by atoms with van der Waals surface area (Å²) in [6, 6.07) is 1.67. The van der Waals surface area contributed by atoms with Crippen LogP contribution in [0.15, 0.2) is 0 Å². The number of fused-ring (bicyclic) bond motifs is 1. The molecule has 2 saturated heterocycles. The van der Waals surface area contributed by atoms with Crippen LogP contribution >= 0.6 is 11.8 Å². The molecule has 0 aromatic carbocycles. The highest BCUT2D eigenvalue weighted by atomic mass is 32.2. The quantitative estimate of drug-likeness (QED) is 0.682. The maximum absolute atomic E-state index is 3.82. The highest BCUT2D eigenvalue weighted by molar-refractivity contribution is 7.98. The van der Waals surface area contributed by atoms with Gasteiger partial charge in [-0.2, -0.15) is 11.8 Å². The van der Waals surface area contributed by atoms with Gasteiger partial charge in [0.25, 0.3) is 0 Å². The molecular weight excluding hydrogens is 240 g/mol. The number of rotatable bonds is 8. The van der Waals surface area contributed by atoms with E-state index in [1.165, 1.54) is 76.8 Å². The lowest BCUT2D eigenvalue weighted by atomic mass is 9.99. The van der Waals surface area contributed by atoms with Crippen LogP contribution < -0.4 is 5.32 Å². The molecule has 2 heterocycles. The van der Waals surface area contributed by atoms with E-state index in [2.05, 4.69) is 16.5 Å². The van der Waals surface area contributed by atoms with Crippen molar-refractivity contribution in [3.05, 3.63) is 0 Å². The molecule has 0 aromatic heterocycles. The Labute approximate surface area is 117 Å². The standard InChI is InChI=1S/C15H30N2S/c1-18-13-7-3-2-5-10-16-14-9-12-17-11-6-4-8-15(14)17/h14-16H,2-13H2,1H3. The number of nitrogens with zero attached hydrogens (tertiary/aromatic N) is 1. The molecule has 106 valence electrons. The third-order valence-electron chi connectivity index (χ3n) is 4.54. The van der Waals surface area contributed by atoms with Gasteiger partial charge < -0.3 is 5.32 Å². The van der Waals surface area contributed by atoms with Crippen molar-refractivity contribution in [3.8, 4) is 0 Å². The molecule has 2 nitrogen and oxygen atoms in total. The molecule has 2 unspecified atom stereocenters. The summed E-state index contributed by atoms with van der Waals surface area (Å²) in [7, 11) is 0. The molecule has 2 fully saturated rings. The first kappa shape index (κ1) is 14.7. The van der Waals surface area contributed by atoms with Crippen LogP contribution in [-0.4, -0.2) is 48.6 Å². The summed E-state index contributed by atoms with van der Waals surface area (Å²) in [5.41, 5.74) is 0. The highest BCUT2D eigenvalue weighted by Gasteiger charge is 2.34. The van der Waals surface area contributed by atoms with Gasteiger partial charge in [0.05, 0.1) is 0 Å². The van der Waals surface area contributed by atoms with Gasteiger partial charge in [-0.3, -0.25) is 4.90 Å². The fourth-order valence-corrected chi connectivity index (χ4v) is 3.99. The van der Waals surface area contributed by atoms with E-state index >= 15 is 0 Å². The molecule has 2 aliphatic rings. The molecule has 0 amide bonds. The van der Waals surface area contributed by atoms with Gasteiger partial charge in [0.1, 0.15) is 0 Å². The molecule has 0 radical (unpaired) electrons. The SMILES string of the molecule is CSCCCCCCNC1CCN2CCCCC12. The molecule has 2 aliphatic heterocycles. The predicted octanol–water partition coefficient (Wildman–Crippen LogP) is 3.13. The summed E-state index contributed by atoms with van der Waals surface area (Å²) >= 11 is 1.98. The average molecular weight is 270 g/mol. The van der Waals surface area contributed by atoms with E-state index in [1.807, 2.05) is 11.8 Å². The first-order chi connectivity index (χ1) is 8.92. The smallest absolute Gasteiger partial charge is 0.0249 e. The molecule has 2 rings (SSSR count). The van der Waals surface area contributed by atoms with Crippen molar-refractivity contribution in [1.82, 2.24) is 10.2 Å². The zero-order valence-electron chi connectivity index (χ0n) is 12.0. The lowest BCUT2D eigenvalue weighted by Gasteiger charge is -2.32. The summed E-state index contributed by atoms with van der Waals surface area (Å²) in [6.07, 6.45) is 13.5. The second kappa shape index (κ2) is 8.44. The second-order valence-corrected chi connectivity index (χ2v) is 6.84. The Bertz CT molecular complexity index is 223. The average Bonchev–Trinajstić information content (AvgIpc) is 2.81. The Kier molecular flexibility index (Phi) is 6.88. The summed E-state index contributed by atoms with van der Waals surface area (Å²) in [6.45, 7) is 3.95. The van der Waals surface area contributed by atoms with E-state index in [1.54, 1.807) is 0 Å². The fraction of sp³-hybridized carbons (Fsp3) is 1.00. The van der Waals surface area contributed by atoms with Crippen LogP contribution in [0.2, 0.25) is 0 Å². The minimum Gasteiger partial charge on any atom is -0.312 e. The second-order valence-electron chi connectivity index (χ2n) is 5.86. The Morgan fingerprint density at radius 1 is 1.06 bits per heavy atom. The molecule has 0 bridgehead atoms. The molecule has 0 saturated carbocycles. The minimum absolute atomic E-state index is 0.802. The van der Waals surface area contributed by atoms with Crippen LogP contribution in [-0.2, 0) is 0 Å². The van der Waals surface area contributed by atoms with Crippen molar-refractivity contribution in [2.24, 2.45) is 0 Å². The van der Waals surface area contributed by atoms with Crippen LogP contribution in [0.3, 0.4) is 0 Å². The fourth-order valence-electron chi connectivity index (χ4n) is 3.50. The van der Waals surface area contributed by atoms with E-state index in [9.17, 15) is 0 Å². The van der Waals surface area contributed by atoms with Crippen molar-refractivity contribution in [3.63, 3.8) is 0 Å². The van der Waals surface area contributed by atoms with Gasteiger partial charge >= 0.3 is 0 Å². The number of piperidine rings is 1. The molecule has 18 heavy (non-hydrogen) atoms. The van der Waals surface area contributed by atoms with Gasteiger partial charge in [0, 0.05) is 18.6 Å². The van der Waals surface area contributed by atoms with Gasteiger partial charge in [-0.05, 0) is 57.2 Å². The third-order valence-corrected chi connectivity index (χ3v) is 5.23. The maximum atomic E-state index is 3.82. The Morgan fingerprint density at radius 3 is 2.83 bits per heavy atom. The van der Waals surface area contributed by atoms with Gasteiger partial charge in [-0.25, -0.2) is 0 Å². The number of thioether (sulfide) groups is 1. The van der Waals surface area contributed by atoms with Gasteiger partial charge in [-0.1, -0.05) is 19.3 Å². The maximum Gasteiger partial charge on any atom is 0.0249 e. The molecule has 0 spiro atoms. The van der Waals surface area contributed by atoms with E-state index in [4.69, 9.17) is 0 Å². The number of nitrogens with one attached hydrogen (secondary N) is 1. The lowest BCUT2D eigenvalue weighted by Crippen LogP contribution is -2.45. The Hall–Kier alpha value is 0.270. The zero-order valence-corrected chi connectivity index (χ0v) is 12.8. The van der Waals surface area contributed by atoms with Gasteiger partial charge in [0.2, 0.25) is 0 Å². The highest BCUT2D eigenvalue weighted by Crippen LogP contribution is 2.27. The molecule has 0 aliphatic carbocycles. The van der Waals surface area contributed by atoms with Gasteiger partial charge in [0.15, 0.2) is 0 Å². The number of hydrogen-bond donors (Lipinski definition) is 1. The van der Waals surface area contributed by atoms with E-state index in [-0.39, 0.29) is 0 Å². The largest absolute Gasteiger partial charge is 0.312 e. The lowest BCUT2D eigenvalue weighted by molar-refractivity contribution is 0.180. The van der Waals surface area contributed by atoms with Crippen LogP contribution in [0.4, 0.5) is 0 Å². The first-order valence-corrected chi connectivity index (χ1v) is 9.27. The molecule has 3 heteroatoms. The first-order valence-electron chi connectivity index (χ1n) is 7.88. The molecule has 0 aromatic rings. The van der Waals surface area contributed by atoms with Crippen molar-refractivity contribution < 1.29 is 0 Å². The van der Waals surface area contributed by atoms with Crippen LogP contribution in [0.5, 0.6) is 0 Å². The van der Waals surface area contributed by atoms with E-state index in [0.717, 1.165) is 12.1 Å². The number of hydrogen-bond acceptors (Lipinski definition) is 3. The molecular formula is C15H30N2S. The molecule has 1 N–H and O–H groups in total. The Balaban J connectivity index is 1.51. The van der Waals surface area contributed by atoms with Crippen molar-refractivity contribution >= 4 is 11.8 Å². The predicted molar refractivity (Wildman–Crippen MR) is 82.5 cm³/mol. The van der Waals surface area contributed by atoms with Crippen molar-refractivity contribution in [2.45, 2.75) is 63.5 Å². The van der Waals surface area contributed by atoms with Crippen LogP contribution in [0, 0.1) is 0 Å². The summed E-state index contributed by atoms with van der Waals surface area (Å²) in [4.78, 5) is 2.72. The Morgan fingerprint density at radius 2 is 1.94 bits per heavy atom. The van der Waals surface area contributed by atoms with Gasteiger partial charge in [-0.15, -0.1) is 0 Å². The number of unbranched alkanes of at least 4 members (excludes halogenated alkanes) is 3. The van der Waals surface area contributed by atoms with Crippen molar-refractivity contribution in [2.75, 3.05) is 31.6 Å². The zero-order chi connectivity index (χ0) is 12.6. The van der Waals surface area contributed by atoms with Crippen LogP contribution in [0.1, 0.15) is 51.4 Å². The topological polar surface area (TPSA) is 15.3 Å². The van der Waals surface area contributed by atoms with E-state index in [0.29, 0.717) is 0 Å². The van der Waals surface area contributed by atoms with Crippen molar-refractivity contribution in [1.29, 1.82) is 0 Å². The third kappa shape index (κ3) is 4.43. The normalized spacial score (nSPS) is 28.5.